The van der Waals surface area contributed by atoms with Crippen LogP contribution in [0.3, 0.4) is 0 Å². The van der Waals surface area contributed by atoms with Gasteiger partial charge in [0.1, 0.15) is 17.5 Å². The molecule has 3 rings (SSSR count). The van der Waals surface area contributed by atoms with E-state index in [-0.39, 0.29) is 11.1 Å². The number of hydrogen-bond donors (Lipinski definition) is 2. The van der Waals surface area contributed by atoms with Gasteiger partial charge in [0.2, 0.25) is 5.91 Å². The second kappa shape index (κ2) is 9.30. The highest BCUT2D eigenvalue weighted by molar-refractivity contribution is 8.15. The van der Waals surface area contributed by atoms with Gasteiger partial charge in [0.25, 0.3) is 5.24 Å². The van der Waals surface area contributed by atoms with Crippen molar-refractivity contribution in [3.63, 3.8) is 0 Å². The summed E-state index contributed by atoms with van der Waals surface area (Å²) in [7, 11) is 1.30. The summed E-state index contributed by atoms with van der Waals surface area (Å²) in [5.41, 5.74) is 7.47. The lowest BCUT2D eigenvalue weighted by atomic mass is 10.1. The van der Waals surface area contributed by atoms with Gasteiger partial charge in [-0.3, -0.25) is 19.7 Å². The van der Waals surface area contributed by atoms with Gasteiger partial charge in [0.15, 0.2) is 0 Å². The number of esters is 1. The molecule has 2 atom stereocenters. The molecule has 0 saturated carbocycles. The van der Waals surface area contributed by atoms with Crippen LogP contribution in [0.5, 0.6) is 11.5 Å². The highest BCUT2D eigenvalue weighted by Crippen LogP contribution is 2.32. The van der Waals surface area contributed by atoms with Crippen molar-refractivity contribution in [2.24, 2.45) is 5.73 Å². The molecule has 2 amide bonds. The average Bonchev–Trinajstić information content (AvgIpc) is 3.01. The Labute approximate surface area is 176 Å². The van der Waals surface area contributed by atoms with E-state index in [1.165, 1.54) is 7.11 Å². The van der Waals surface area contributed by atoms with Gasteiger partial charge >= 0.3 is 5.97 Å². The molecule has 0 aromatic heterocycles. The minimum Gasteiger partial charge on any atom is -0.468 e. The Kier molecular flexibility index (Phi) is 6.79. The van der Waals surface area contributed by atoms with E-state index in [0.717, 1.165) is 22.9 Å². The maximum absolute atomic E-state index is 11.7. The maximum atomic E-state index is 11.7. The summed E-state index contributed by atoms with van der Waals surface area (Å²) in [5, 5.41) is 1.88. The third-order valence-electron chi connectivity index (χ3n) is 4.30. The molecule has 0 radical (unpaired) electrons. The predicted molar refractivity (Wildman–Crippen MR) is 110 cm³/mol. The molecule has 7 nitrogen and oxygen atoms in total. The van der Waals surface area contributed by atoms with Crippen LogP contribution in [-0.2, 0) is 27.2 Å². The van der Waals surface area contributed by atoms with Crippen LogP contribution in [0.15, 0.2) is 42.5 Å². The molecule has 29 heavy (non-hydrogen) atoms. The molecule has 1 saturated heterocycles. The topological polar surface area (TPSA) is 108 Å². The number of benzene rings is 2. The Morgan fingerprint density at radius 1 is 1.21 bits per heavy atom. The second-order valence-electron chi connectivity index (χ2n) is 6.43. The molecule has 1 aliphatic heterocycles. The zero-order chi connectivity index (χ0) is 21.0. The quantitative estimate of drug-likeness (QED) is 0.644. The van der Waals surface area contributed by atoms with E-state index in [2.05, 4.69) is 10.1 Å². The van der Waals surface area contributed by atoms with Crippen LogP contribution >= 0.6 is 23.4 Å². The monoisotopic (exact) mass is 434 g/mol. The Morgan fingerprint density at radius 2 is 1.90 bits per heavy atom. The number of nitrogens with two attached hydrogens (primary N) is 1. The molecule has 3 N–H and O–H groups in total. The van der Waals surface area contributed by atoms with Gasteiger partial charge in [0.05, 0.1) is 17.4 Å². The highest BCUT2D eigenvalue weighted by Gasteiger charge is 2.31. The number of halogens is 1. The molecule has 0 aliphatic carbocycles. The van der Waals surface area contributed by atoms with Gasteiger partial charge in [-0.15, -0.1) is 0 Å². The predicted octanol–water partition coefficient (Wildman–Crippen LogP) is 3.07. The second-order valence-corrected chi connectivity index (χ2v) is 8.01. The van der Waals surface area contributed by atoms with Gasteiger partial charge in [-0.2, -0.15) is 0 Å². The lowest BCUT2D eigenvalue weighted by Crippen LogP contribution is -2.33. The van der Waals surface area contributed by atoms with Crippen molar-refractivity contribution in [3.05, 3.63) is 58.6 Å². The van der Waals surface area contributed by atoms with E-state index >= 15 is 0 Å². The van der Waals surface area contributed by atoms with E-state index in [0.29, 0.717) is 29.4 Å². The summed E-state index contributed by atoms with van der Waals surface area (Å²) >= 11 is 7.29. The van der Waals surface area contributed by atoms with Crippen molar-refractivity contribution < 1.29 is 23.9 Å². The Hall–Kier alpha value is -2.55. The number of methoxy groups -OCH3 is 1. The summed E-state index contributed by atoms with van der Waals surface area (Å²) < 4.78 is 10.4. The first kappa shape index (κ1) is 21.2. The zero-order valence-corrected chi connectivity index (χ0v) is 17.1. The molecule has 1 aliphatic rings. The number of thioether (sulfide) groups is 1. The standard InChI is InChI=1S/C20H19ClN2O5S/c1-27-19(25)15(22)9-11-2-5-13(6-3-11)28-16-7-4-12(8-14(16)21)10-17-18(24)23-20(26)29-17/h2-8,15,17H,9-10,22H2,1H3,(H,23,24,26)/t15-,17?/m1/s1. The maximum Gasteiger partial charge on any atom is 0.322 e. The van der Waals surface area contributed by atoms with E-state index in [9.17, 15) is 14.4 Å². The molecule has 9 heteroatoms. The SMILES string of the molecule is COC(=O)[C@H](N)Cc1ccc(Oc2ccc(CC3SC(=O)NC3=O)cc2Cl)cc1. The molecule has 1 unspecified atom stereocenters. The van der Waals surface area contributed by atoms with Crippen molar-refractivity contribution in [2.45, 2.75) is 24.1 Å². The fourth-order valence-electron chi connectivity index (χ4n) is 2.80. The molecule has 2 aromatic rings. The van der Waals surface area contributed by atoms with E-state index < -0.39 is 17.3 Å². The number of imide groups is 1. The minimum atomic E-state index is -0.718. The van der Waals surface area contributed by atoms with Crippen LogP contribution in [0.25, 0.3) is 0 Å². The van der Waals surface area contributed by atoms with Crippen molar-refractivity contribution in [1.29, 1.82) is 0 Å². The number of rotatable bonds is 7. The normalized spacial score (nSPS) is 17.0. The molecular weight excluding hydrogens is 416 g/mol. The van der Waals surface area contributed by atoms with Crippen molar-refractivity contribution in [1.82, 2.24) is 5.32 Å². The van der Waals surface area contributed by atoms with Gasteiger partial charge < -0.3 is 15.2 Å². The Bertz CT molecular complexity index is 935. The first-order valence-corrected chi connectivity index (χ1v) is 10.0. The molecule has 0 spiro atoms. The largest absolute Gasteiger partial charge is 0.468 e. The smallest absolute Gasteiger partial charge is 0.322 e. The van der Waals surface area contributed by atoms with Crippen molar-refractivity contribution >= 4 is 40.5 Å². The van der Waals surface area contributed by atoms with Crippen LogP contribution in [0.1, 0.15) is 11.1 Å². The van der Waals surface area contributed by atoms with Gasteiger partial charge in [-0.25, -0.2) is 0 Å². The summed E-state index contributed by atoms with van der Waals surface area (Å²) in [6.07, 6.45) is 0.759. The molecule has 152 valence electrons. The van der Waals surface area contributed by atoms with Crippen LogP contribution in [0.4, 0.5) is 4.79 Å². The van der Waals surface area contributed by atoms with Crippen LogP contribution in [-0.4, -0.2) is 35.5 Å². The molecule has 1 heterocycles. The summed E-state index contributed by atoms with van der Waals surface area (Å²) in [4.78, 5) is 34.4. The van der Waals surface area contributed by atoms with E-state index in [4.69, 9.17) is 22.1 Å². The third-order valence-corrected chi connectivity index (χ3v) is 5.57. The average molecular weight is 435 g/mol. The fourth-order valence-corrected chi connectivity index (χ4v) is 3.91. The van der Waals surface area contributed by atoms with Crippen LogP contribution in [0, 0.1) is 0 Å². The Morgan fingerprint density at radius 3 is 2.48 bits per heavy atom. The molecule has 2 aromatic carbocycles. The first-order chi connectivity index (χ1) is 13.9. The fraction of sp³-hybridized carbons (Fsp3) is 0.250. The number of nitrogens with one attached hydrogen (secondary N) is 1. The number of hydrogen-bond acceptors (Lipinski definition) is 7. The molecular formula is C20H19ClN2O5S. The molecule has 1 fully saturated rings. The number of carbonyl (C=O) groups excluding carboxylic acids is 3. The third kappa shape index (κ3) is 5.50. The lowest BCUT2D eigenvalue weighted by molar-refractivity contribution is -0.142. The summed E-state index contributed by atoms with van der Waals surface area (Å²) in [5.74, 6) is 0.291. The van der Waals surface area contributed by atoms with Gasteiger partial charge in [-0.1, -0.05) is 41.6 Å². The van der Waals surface area contributed by atoms with Crippen molar-refractivity contribution in [3.8, 4) is 11.5 Å². The number of amides is 2. The summed E-state index contributed by atoms with van der Waals surface area (Å²) in [6, 6.07) is 11.7. The Balaban J connectivity index is 1.62. The van der Waals surface area contributed by atoms with Crippen molar-refractivity contribution in [2.75, 3.05) is 7.11 Å². The van der Waals surface area contributed by atoms with Crippen LogP contribution < -0.4 is 15.8 Å². The molecule has 0 bridgehead atoms. The number of carbonyl (C=O) groups is 3. The van der Waals surface area contributed by atoms with E-state index in [1.54, 1.807) is 24.3 Å². The van der Waals surface area contributed by atoms with Gasteiger partial charge in [0, 0.05) is 0 Å². The first-order valence-electron chi connectivity index (χ1n) is 8.76. The highest BCUT2D eigenvalue weighted by atomic mass is 35.5. The lowest BCUT2D eigenvalue weighted by Gasteiger charge is -2.12. The number of ether oxygens (including phenoxy) is 2. The van der Waals surface area contributed by atoms with E-state index in [1.807, 2.05) is 18.2 Å². The van der Waals surface area contributed by atoms with Crippen LogP contribution in [0.2, 0.25) is 5.02 Å². The summed E-state index contributed by atoms with van der Waals surface area (Å²) in [6.45, 7) is 0. The van der Waals surface area contributed by atoms with Gasteiger partial charge in [-0.05, 0) is 48.2 Å². The zero-order valence-electron chi connectivity index (χ0n) is 15.5. The minimum absolute atomic E-state index is 0.288.